The van der Waals surface area contributed by atoms with Crippen LogP contribution in [0.4, 0.5) is 0 Å². The van der Waals surface area contributed by atoms with E-state index in [0.717, 1.165) is 39.1 Å². The highest BCUT2D eigenvalue weighted by molar-refractivity contribution is 4.98. The zero-order valence-electron chi connectivity index (χ0n) is 9.54. The summed E-state index contributed by atoms with van der Waals surface area (Å²) in [5.41, 5.74) is -0.0764. The second kappa shape index (κ2) is 4.51. The number of nitrogens with zero attached hydrogens (tertiary/aromatic N) is 2. The van der Waals surface area contributed by atoms with Gasteiger partial charge >= 0.3 is 0 Å². The van der Waals surface area contributed by atoms with Crippen LogP contribution < -0.4 is 0 Å². The molecular weight excluding hydrogens is 188 g/mol. The molecule has 2 fully saturated rings. The third-order valence-corrected chi connectivity index (χ3v) is 3.72. The number of nitriles is 1. The highest BCUT2D eigenvalue weighted by atomic mass is 16.5. The minimum Gasteiger partial charge on any atom is -0.377 e. The number of rotatable bonds is 2. The molecular formula is C12H20N2O. The molecule has 2 aliphatic heterocycles. The predicted octanol–water partition coefficient (Wildman–Crippen LogP) is 1.79. The molecule has 0 amide bonds. The van der Waals surface area contributed by atoms with Crippen molar-refractivity contribution in [1.82, 2.24) is 4.90 Å². The number of likely N-dealkylation sites (tertiary alicyclic amines) is 1. The van der Waals surface area contributed by atoms with Crippen molar-refractivity contribution in [3.63, 3.8) is 0 Å². The molecule has 0 radical (unpaired) electrons. The van der Waals surface area contributed by atoms with Gasteiger partial charge in [-0.2, -0.15) is 5.26 Å². The molecule has 0 aromatic heterocycles. The minimum absolute atomic E-state index is 0.0764. The summed E-state index contributed by atoms with van der Waals surface area (Å²) in [5.74, 6) is 0. The van der Waals surface area contributed by atoms with Gasteiger partial charge in [0.2, 0.25) is 0 Å². The van der Waals surface area contributed by atoms with E-state index in [1.54, 1.807) is 0 Å². The molecule has 0 aromatic rings. The van der Waals surface area contributed by atoms with E-state index < -0.39 is 0 Å². The van der Waals surface area contributed by atoms with Gasteiger partial charge in [0.1, 0.15) is 0 Å². The molecule has 84 valence electrons. The second-order valence-electron chi connectivity index (χ2n) is 5.11. The fourth-order valence-corrected chi connectivity index (χ4v) is 2.42. The van der Waals surface area contributed by atoms with Gasteiger partial charge in [-0.3, -0.25) is 0 Å². The third-order valence-electron chi connectivity index (χ3n) is 3.72. The monoisotopic (exact) mass is 208 g/mol. The minimum atomic E-state index is -0.0764. The molecule has 0 N–H and O–H groups in total. The molecule has 2 saturated heterocycles. The summed E-state index contributed by atoms with van der Waals surface area (Å²) in [6.45, 7) is 6.21. The second-order valence-corrected chi connectivity index (χ2v) is 5.11. The van der Waals surface area contributed by atoms with Gasteiger partial charge in [-0.1, -0.05) is 0 Å². The standard InChI is InChI=1S/C12H20N2O/c1-12(10-13)4-6-14(7-5-12)9-11-3-2-8-15-11/h11H,2-9H2,1H3. The Morgan fingerprint density at radius 2 is 2.20 bits per heavy atom. The van der Waals surface area contributed by atoms with Crippen LogP contribution in [0.3, 0.4) is 0 Å². The molecule has 2 aliphatic rings. The zero-order chi connectivity index (χ0) is 10.7. The van der Waals surface area contributed by atoms with Crippen LogP contribution in [-0.4, -0.2) is 37.2 Å². The molecule has 0 saturated carbocycles. The first-order valence-electron chi connectivity index (χ1n) is 5.97. The molecule has 15 heavy (non-hydrogen) atoms. The van der Waals surface area contributed by atoms with E-state index in [1.165, 1.54) is 12.8 Å². The maximum absolute atomic E-state index is 9.03. The molecule has 0 aliphatic carbocycles. The average Bonchev–Trinajstić information content (AvgIpc) is 2.75. The number of ether oxygens (including phenoxy) is 1. The summed E-state index contributed by atoms with van der Waals surface area (Å²) < 4.78 is 5.63. The fraction of sp³-hybridized carbons (Fsp3) is 0.917. The van der Waals surface area contributed by atoms with Crippen LogP contribution in [0.2, 0.25) is 0 Å². The van der Waals surface area contributed by atoms with Crippen LogP contribution >= 0.6 is 0 Å². The van der Waals surface area contributed by atoms with Gasteiger partial charge < -0.3 is 9.64 Å². The lowest BCUT2D eigenvalue weighted by Gasteiger charge is -2.35. The van der Waals surface area contributed by atoms with E-state index >= 15 is 0 Å². The third kappa shape index (κ3) is 2.70. The quantitative estimate of drug-likeness (QED) is 0.694. The van der Waals surface area contributed by atoms with Crippen LogP contribution in [0.15, 0.2) is 0 Å². The van der Waals surface area contributed by atoms with Crippen molar-refractivity contribution >= 4 is 0 Å². The van der Waals surface area contributed by atoms with E-state index in [4.69, 9.17) is 10.00 Å². The van der Waals surface area contributed by atoms with Crippen molar-refractivity contribution in [3.8, 4) is 6.07 Å². The van der Waals surface area contributed by atoms with Crippen molar-refractivity contribution in [2.24, 2.45) is 5.41 Å². The zero-order valence-corrected chi connectivity index (χ0v) is 9.54. The van der Waals surface area contributed by atoms with Gasteiger partial charge in [0.25, 0.3) is 0 Å². The Labute approximate surface area is 92.0 Å². The number of hydrogen-bond acceptors (Lipinski definition) is 3. The summed E-state index contributed by atoms with van der Waals surface area (Å²) >= 11 is 0. The normalized spacial score (nSPS) is 31.3. The molecule has 2 rings (SSSR count). The van der Waals surface area contributed by atoms with Crippen molar-refractivity contribution in [2.75, 3.05) is 26.2 Å². The molecule has 1 unspecified atom stereocenters. The van der Waals surface area contributed by atoms with Crippen molar-refractivity contribution in [2.45, 2.75) is 38.7 Å². The summed E-state index contributed by atoms with van der Waals surface area (Å²) in [5, 5.41) is 9.03. The smallest absolute Gasteiger partial charge is 0.0702 e. The predicted molar refractivity (Wildman–Crippen MR) is 58.4 cm³/mol. The Kier molecular flexibility index (Phi) is 3.28. The highest BCUT2D eigenvalue weighted by Gasteiger charge is 2.31. The molecule has 3 nitrogen and oxygen atoms in total. The number of piperidine rings is 1. The Bertz CT molecular complexity index is 245. The van der Waals surface area contributed by atoms with Crippen molar-refractivity contribution in [1.29, 1.82) is 5.26 Å². The van der Waals surface area contributed by atoms with Gasteiger partial charge in [-0.25, -0.2) is 0 Å². The lowest BCUT2D eigenvalue weighted by Crippen LogP contribution is -2.41. The van der Waals surface area contributed by atoms with Gasteiger partial charge in [0, 0.05) is 13.2 Å². The summed E-state index contributed by atoms with van der Waals surface area (Å²) in [7, 11) is 0. The maximum atomic E-state index is 9.03. The molecule has 3 heteroatoms. The van der Waals surface area contributed by atoms with Crippen molar-refractivity contribution in [3.05, 3.63) is 0 Å². The Hall–Kier alpha value is -0.590. The topological polar surface area (TPSA) is 36.3 Å². The summed E-state index contributed by atoms with van der Waals surface area (Å²) in [6, 6.07) is 2.44. The highest BCUT2D eigenvalue weighted by Crippen LogP contribution is 2.30. The molecule has 0 bridgehead atoms. The van der Waals surface area contributed by atoms with E-state index in [9.17, 15) is 0 Å². The van der Waals surface area contributed by atoms with Crippen LogP contribution in [0.1, 0.15) is 32.6 Å². The van der Waals surface area contributed by atoms with Crippen LogP contribution in [0, 0.1) is 16.7 Å². The molecule has 0 spiro atoms. The SMILES string of the molecule is CC1(C#N)CCN(CC2CCCO2)CC1. The molecule has 1 atom stereocenters. The summed E-state index contributed by atoms with van der Waals surface area (Å²) in [6.07, 6.45) is 4.91. The van der Waals surface area contributed by atoms with Crippen LogP contribution in [0.25, 0.3) is 0 Å². The molecule has 2 heterocycles. The number of hydrogen-bond donors (Lipinski definition) is 0. The Balaban J connectivity index is 1.76. The van der Waals surface area contributed by atoms with Gasteiger partial charge in [-0.05, 0) is 45.7 Å². The Morgan fingerprint density at radius 3 is 2.73 bits per heavy atom. The lowest BCUT2D eigenvalue weighted by atomic mass is 9.82. The van der Waals surface area contributed by atoms with E-state index in [0.29, 0.717) is 6.10 Å². The van der Waals surface area contributed by atoms with Gasteiger partial charge in [0.15, 0.2) is 0 Å². The van der Waals surface area contributed by atoms with Crippen LogP contribution in [0.5, 0.6) is 0 Å². The first-order valence-corrected chi connectivity index (χ1v) is 5.97. The van der Waals surface area contributed by atoms with E-state index in [-0.39, 0.29) is 5.41 Å². The first kappa shape index (κ1) is 10.9. The van der Waals surface area contributed by atoms with Crippen molar-refractivity contribution < 1.29 is 4.74 Å². The molecule has 0 aromatic carbocycles. The lowest BCUT2D eigenvalue weighted by molar-refractivity contribution is 0.0543. The van der Waals surface area contributed by atoms with Gasteiger partial charge in [0.05, 0.1) is 17.6 Å². The van der Waals surface area contributed by atoms with Gasteiger partial charge in [-0.15, -0.1) is 0 Å². The maximum Gasteiger partial charge on any atom is 0.0702 e. The largest absolute Gasteiger partial charge is 0.377 e. The first-order chi connectivity index (χ1) is 7.22. The van der Waals surface area contributed by atoms with E-state index in [2.05, 4.69) is 17.9 Å². The van der Waals surface area contributed by atoms with E-state index in [1.807, 2.05) is 0 Å². The van der Waals surface area contributed by atoms with Crippen LogP contribution in [-0.2, 0) is 4.74 Å². The Morgan fingerprint density at radius 1 is 1.47 bits per heavy atom. The average molecular weight is 208 g/mol. The summed E-state index contributed by atoms with van der Waals surface area (Å²) in [4.78, 5) is 2.45. The fourth-order valence-electron chi connectivity index (χ4n) is 2.42.